The lowest BCUT2D eigenvalue weighted by Crippen LogP contribution is -2.08. The van der Waals surface area contributed by atoms with Gasteiger partial charge < -0.3 is 4.79 Å². The minimum Gasteiger partial charge on any atom is -0.303 e. The highest BCUT2D eigenvalue weighted by Crippen LogP contribution is 2.49. The van der Waals surface area contributed by atoms with Crippen molar-refractivity contribution in [3.05, 3.63) is 35.4 Å². The molecule has 1 nitrogen and oxygen atoms in total. The van der Waals surface area contributed by atoms with Crippen LogP contribution < -0.4 is 0 Å². The SMILES string of the molecule is O=CC1CC1c1ccccc1C(F)(F)F. The van der Waals surface area contributed by atoms with Crippen LogP contribution in [0.4, 0.5) is 13.2 Å². The summed E-state index contributed by atoms with van der Waals surface area (Å²) in [5, 5.41) is 0. The largest absolute Gasteiger partial charge is 0.416 e. The lowest BCUT2D eigenvalue weighted by Gasteiger charge is -2.11. The zero-order valence-corrected chi connectivity index (χ0v) is 7.79. The molecule has 4 heteroatoms. The Kier molecular flexibility index (Phi) is 2.29. The van der Waals surface area contributed by atoms with Crippen LogP contribution in [-0.4, -0.2) is 6.29 Å². The lowest BCUT2D eigenvalue weighted by atomic mass is 10.0. The molecule has 0 spiro atoms. The van der Waals surface area contributed by atoms with E-state index in [1.165, 1.54) is 12.1 Å². The van der Waals surface area contributed by atoms with Crippen LogP contribution in [0.2, 0.25) is 0 Å². The van der Waals surface area contributed by atoms with Crippen molar-refractivity contribution in [2.45, 2.75) is 18.5 Å². The number of alkyl halides is 3. The highest BCUT2D eigenvalue weighted by Gasteiger charge is 2.43. The molecule has 1 aromatic rings. The number of carbonyl (C=O) groups excluding carboxylic acids is 1. The smallest absolute Gasteiger partial charge is 0.303 e. The molecule has 1 aliphatic carbocycles. The first-order chi connectivity index (χ1) is 7.04. The summed E-state index contributed by atoms with van der Waals surface area (Å²) >= 11 is 0. The fourth-order valence-electron chi connectivity index (χ4n) is 1.80. The first-order valence-corrected chi connectivity index (χ1v) is 4.65. The van der Waals surface area contributed by atoms with Gasteiger partial charge in [-0.15, -0.1) is 0 Å². The number of rotatable bonds is 2. The van der Waals surface area contributed by atoms with E-state index >= 15 is 0 Å². The van der Waals surface area contributed by atoms with Gasteiger partial charge in [0.15, 0.2) is 0 Å². The van der Waals surface area contributed by atoms with Crippen molar-refractivity contribution in [2.75, 3.05) is 0 Å². The average molecular weight is 214 g/mol. The number of hydrogen-bond donors (Lipinski definition) is 0. The van der Waals surface area contributed by atoms with Crippen LogP contribution in [0.3, 0.4) is 0 Å². The number of halogens is 3. The van der Waals surface area contributed by atoms with Crippen LogP contribution >= 0.6 is 0 Å². The maximum atomic E-state index is 12.6. The lowest BCUT2D eigenvalue weighted by molar-refractivity contribution is -0.138. The van der Waals surface area contributed by atoms with E-state index in [-0.39, 0.29) is 17.4 Å². The minimum absolute atomic E-state index is 0.228. The molecule has 1 saturated carbocycles. The summed E-state index contributed by atoms with van der Waals surface area (Å²) in [7, 11) is 0. The Balaban J connectivity index is 2.36. The van der Waals surface area contributed by atoms with Crippen LogP contribution in [0.5, 0.6) is 0 Å². The van der Waals surface area contributed by atoms with Gasteiger partial charge >= 0.3 is 6.18 Å². The normalized spacial score (nSPS) is 25.0. The summed E-state index contributed by atoms with van der Waals surface area (Å²) in [6.07, 6.45) is -3.05. The second kappa shape index (κ2) is 3.36. The van der Waals surface area contributed by atoms with E-state index in [9.17, 15) is 18.0 Å². The molecule has 0 bridgehead atoms. The molecule has 1 aromatic carbocycles. The van der Waals surface area contributed by atoms with Crippen LogP contribution in [0, 0.1) is 5.92 Å². The van der Waals surface area contributed by atoms with Crippen LogP contribution in [0.25, 0.3) is 0 Å². The van der Waals surface area contributed by atoms with E-state index in [4.69, 9.17) is 0 Å². The molecule has 0 aromatic heterocycles. The molecule has 0 radical (unpaired) electrons. The summed E-state index contributed by atoms with van der Waals surface area (Å²) in [5.74, 6) is -0.464. The molecule has 0 amide bonds. The van der Waals surface area contributed by atoms with Gasteiger partial charge in [0.25, 0.3) is 0 Å². The quantitative estimate of drug-likeness (QED) is 0.691. The Morgan fingerprint density at radius 1 is 1.27 bits per heavy atom. The zero-order chi connectivity index (χ0) is 11.1. The molecule has 0 saturated heterocycles. The summed E-state index contributed by atoms with van der Waals surface area (Å²) in [6.45, 7) is 0. The first-order valence-electron chi connectivity index (χ1n) is 4.65. The molecule has 2 atom stereocenters. The summed E-state index contributed by atoms with van der Waals surface area (Å²) in [6, 6.07) is 5.46. The number of hydrogen-bond acceptors (Lipinski definition) is 1. The van der Waals surface area contributed by atoms with E-state index in [1.54, 1.807) is 6.07 Å². The topological polar surface area (TPSA) is 17.1 Å². The third kappa shape index (κ3) is 1.89. The van der Waals surface area contributed by atoms with Gasteiger partial charge in [0.2, 0.25) is 0 Å². The fraction of sp³-hybridized carbons (Fsp3) is 0.364. The van der Waals surface area contributed by atoms with Crippen molar-refractivity contribution in [1.29, 1.82) is 0 Å². The Bertz CT molecular complexity index is 384. The third-order valence-electron chi connectivity index (χ3n) is 2.68. The maximum Gasteiger partial charge on any atom is 0.416 e. The van der Waals surface area contributed by atoms with Gasteiger partial charge in [0.05, 0.1) is 5.56 Å². The van der Waals surface area contributed by atoms with Crippen LogP contribution in [0.15, 0.2) is 24.3 Å². The van der Waals surface area contributed by atoms with E-state index in [2.05, 4.69) is 0 Å². The van der Waals surface area contributed by atoms with Crippen molar-refractivity contribution in [2.24, 2.45) is 5.92 Å². The number of benzene rings is 1. The Morgan fingerprint density at radius 2 is 1.93 bits per heavy atom. The number of aldehydes is 1. The zero-order valence-electron chi connectivity index (χ0n) is 7.79. The van der Waals surface area contributed by atoms with Crippen molar-refractivity contribution in [1.82, 2.24) is 0 Å². The standard InChI is InChI=1S/C11H9F3O/c12-11(13,14)10-4-2-1-3-8(10)9-5-7(9)6-15/h1-4,6-7,9H,5H2. The van der Waals surface area contributed by atoms with Gasteiger partial charge in [-0.3, -0.25) is 0 Å². The van der Waals surface area contributed by atoms with E-state index < -0.39 is 11.7 Å². The highest BCUT2D eigenvalue weighted by atomic mass is 19.4. The van der Waals surface area contributed by atoms with Crippen molar-refractivity contribution in [3.8, 4) is 0 Å². The van der Waals surface area contributed by atoms with Gasteiger partial charge in [-0.2, -0.15) is 13.2 Å². The van der Waals surface area contributed by atoms with Crippen LogP contribution in [-0.2, 0) is 11.0 Å². The molecule has 0 heterocycles. The Labute approximate surface area is 84.9 Å². The molecule has 2 rings (SSSR count). The van der Waals surface area contributed by atoms with Gasteiger partial charge in [-0.1, -0.05) is 18.2 Å². The Hall–Kier alpha value is -1.32. The third-order valence-corrected chi connectivity index (χ3v) is 2.68. The van der Waals surface area contributed by atoms with Gasteiger partial charge in [-0.25, -0.2) is 0 Å². The molecule has 1 fully saturated rings. The summed E-state index contributed by atoms with van der Waals surface area (Å²) in [5.41, 5.74) is -0.360. The van der Waals surface area contributed by atoms with E-state index in [0.717, 1.165) is 12.4 Å². The van der Waals surface area contributed by atoms with Crippen molar-refractivity contribution >= 4 is 6.29 Å². The second-order valence-corrected chi connectivity index (χ2v) is 3.73. The van der Waals surface area contributed by atoms with Gasteiger partial charge in [0.1, 0.15) is 6.29 Å². The molecule has 15 heavy (non-hydrogen) atoms. The summed E-state index contributed by atoms with van der Waals surface area (Å²) in [4.78, 5) is 10.4. The molecular formula is C11H9F3O. The molecule has 0 N–H and O–H groups in total. The predicted octanol–water partition coefficient (Wildman–Crippen LogP) is 3.01. The van der Waals surface area contributed by atoms with E-state index in [1.807, 2.05) is 0 Å². The Morgan fingerprint density at radius 3 is 2.47 bits per heavy atom. The molecule has 1 aliphatic rings. The van der Waals surface area contributed by atoms with Gasteiger partial charge in [0, 0.05) is 5.92 Å². The van der Waals surface area contributed by atoms with Crippen molar-refractivity contribution in [3.63, 3.8) is 0 Å². The summed E-state index contributed by atoms with van der Waals surface area (Å²) < 4.78 is 37.7. The second-order valence-electron chi connectivity index (χ2n) is 3.73. The number of carbonyl (C=O) groups is 1. The van der Waals surface area contributed by atoms with Crippen LogP contribution in [0.1, 0.15) is 23.5 Å². The molecule has 2 unspecified atom stereocenters. The molecular weight excluding hydrogens is 205 g/mol. The first kappa shape index (κ1) is 10.2. The fourth-order valence-corrected chi connectivity index (χ4v) is 1.80. The molecule has 0 aliphatic heterocycles. The van der Waals surface area contributed by atoms with E-state index in [0.29, 0.717) is 6.42 Å². The average Bonchev–Trinajstić information content (AvgIpc) is 2.95. The monoisotopic (exact) mass is 214 g/mol. The predicted molar refractivity (Wildman–Crippen MR) is 48.4 cm³/mol. The highest BCUT2D eigenvalue weighted by molar-refractivity contribution is 5.62. The van der Waals surface area contributed by atoms with Crippen molar-refractivity contribution < 1.29 is 18.0 Å². The minimum atomic E-state index is -4.33. The maximum absolute atomic E-state index is 12.6. The molecule has 80 valence electrons. The van der Waals surface area contributed by atoms with Gasteiger partial charge in [-0.05, 0) is 24.0 Å².